The van der Waals surface area contributed by atoms with E-state index in [9.17, 15) is 9.59 Å². The summed E-state index contributed by atoms with van der Waals surface area (Å²) in [6, 6.07) is 0. The number of unbranched alkanes of at least 4 members (excludes halogenated alkanes) is 9. The zero-order valence-corrected chi connectivity index (χ0v) is 18.9. The Morgan fingerprint density at radius 2 is 1.48 bits per heavy atom. The minimum atomic E-state index is -0.342. The smallest absolute Gasteiger partial charge is 0.330 e. The first-order chi connectivity index (χ1) is 13.0. The lowest BCUT2D eigenvalue weighted by atomic mass is 10.0. The molecule has 0 aromatic carbocycles. The molecule has 0 fully saturated rings. The van der Waals surface area contributed by atoms with Crippen LogP contribution in [-0.4, -0.2) is 30.0 Å². The van der Waals surface area contributed by atoms with Crippen LogP contribution in [0.25, 0.3) is 0 Å². The van der Waals surface area contributed by atoms with Gasteiger partial charge in [0.2, 0.25) is 0 Å². The van der Waals surface area contributed by atoms with Crippen molar-refractivity contribution in [3.8, 4) is 0 Å². The number of methoxy groups -OCH3 is 1. The predicted molar refractivity (Wildman–Crippen MR) is 115 cm³/mol. The van der Waals surface area contributed by atoms with Crippen molar-refractivity contribution in [3.63, 3.8) is 0 Å². The first kappa shape index (κ1) is 26.2. The molecule has 2 unspecified atom stereocenters. The third-order valence-electron chi connectivity index (χ3n) is 4.77. The van der Waals surface area contributed by atoms with E-state index in [4.69, 9.17) is 4.74 Å². The van der Waals surface area contributed by atoms with E-state index in [2.05, 4.69) is 34.2 Å². The lowest BCUT2D eigenvalue weighted by Crippen LogP contribution is -2.26. The van der Waals surface area contributed by atoms with Crippen LogP contribution < -0.4 is 0 Å². The topological polar surface area (TPSA) is 52.6 Å². The molecule has 0 heterocycles. The number of halogens is 1. The van der Waals surface area contributed by atoms with Crippen molar-refractivity contribution in [2.75, 3.05) is 7.11 Å². The molecule has 0 spiro atoms. The van der Waals surface area contributed by atoms with Gasteiger partial charge in [0.15, 0.2) is 0 Å². The third-order valence-corrected chi connectivity index (χ3v) is 5.82. The highest BCUT2D eigenvalue weighted by Gasteiger charge is 2.21. The van der Waals surface area contributed by atoms with Crippen molar-refractivity contribution < 1.29 is 19.1 Å². The molecule has 0 aromatic heterocycles. The Bertz CT molecular complexity index is 398. The van der Waals surface area contributed by atoms with E-state index < -0.39 is 0 Å². The van der Waals surface area contributed by atoms with E-state index in [1.165, 1.54) is 45.3 Å². The predicted octanol–water partition coefficient (Wildman–Crippen LogP) is 6.50. The molecular weight excluding hydrogens is 408 g/mol. The second-order valence-electron chi connectivity index (χ2n) is 7.13. The van der Waals surface area contributed by atoms with Gasteiger partial charge in [-0.2, -0.15) is 0 Å². The van der Waals surface area contributed by atoms with Crippen LogP contribution >= 0.6 is 15.9 Å². The molecule has 27 heavy (non-hydrogen) atoms. The van der Waals surface area contributed by atoms with E-state index >= 15 is 0 Å². The van der Waals surface area contributed by atoms with Crippen LogP contribution in [0.5, 0.6) is 0 Å². The average molecular weight is 447 g/mol. The third kappa shape index (κ3) is 15.9. The fourth-order valence-corrected chi connectivity index (χ4v) is 3.76. The molecule has 0 radical (unpaired) electrons. The minimum Gasteiger partial charge on any atom is -0.469 e. The Morgan fingerprint density at radius 3 is 2.07 bits per heavy atom. The van der Waals surface area contributed by atoms with Gasteiger partial charge in [0.05, 0.1) is 11.9 Å². The molecule has 2 atom stereocenters. The number of alkyl halides is 1. The number of carbonyl (C=O) groups is 2. The number of rotatable bonds is 18. The second-order valence-corrected chi connectivity index (χ2v) is 8.31. The number of esters is 2. The summed E-state index contributed by atoms with van der Waals surface area (Å²) < 4.78 is 10.2. The van der Waals surface area contributed by atoms with Gasteiger partial charge < -0.3 is 9.47 Å². The Kier molecular flexibility index (Phi) is 17.9. The molecule has 0 aliphatic heterocycles. The zero-order valence-electron chi connectivity index (χ0n) is 17.3. The quantitative estimate of drug-likeness (QED) is 0.104. The fourth-order valence-electron chi connectivity index (χ4n) is 3.06. The highest BCUT2D eigenvalue weighted by atomic mass is 79.9. The molecule has 0 bridgehead atoms. The monoisotopic (exact) mass is 446 g/mol. The molecule has 0 aliphatic rings. The average Bonchev–Trinajstić information content (AvgIpc) is 2.68. The molecule has 5 heteroatoms. The fraction of sp³-hybridized carbons (Fsp3) is 0.818. The van der Waals surface area contributed by atoms with Gasteiger partial charge in [0, 0.05) is 12.5 Å². The van der Waals surface area contributed by atoms with Gasteiger partial charge in [0.1, 0.15) is 6.10 Å². The number of ether oxygens (including phenoxy) is 2. The Morgan fingerprint density at radius 1 is 0.926 bits per heavy atom. The van der Waals surface area contributed by atoms with Crippen molar-refractivity contribution in [2.45, 2.75) is 108 Å². The molecule has 0 N–H and O–H groups in total. The molecule has 158 valence electrons. The molecule has 4 nitrogen and oxygen atoms in total. The lowest BCUT2D eigenvalue weighted by Gasteiger charge is -2.22. The highest BCUT2D eigenvalue weighted by molar-refractivity contribution is 9.09. The van der Waals surface area contributed by atoms with Crippen LogP contribution in [0.2, 0.25) is 0 Å². The summed E-state index contributed by atoms with van der Waals surface area (Å²) in [7, 11) is 1.43. The van der Waals surface area contributed by atoms with Crippen molar-refractivity contribution in [1.29, 1.82) is 0 Å². The van der Waals surface area contributed by atoms with Crippen molar-refractivity contribution in [1.82, 2.24) is 0 Å². The normalized spacial score (nSPS) is 13.0. The van der Waals surface area contributed by atoms with Gasteiger partial charge in [-0.1, -0.05) is 87.2 Å². The second kappa shape index (κ2) is 18.5. The highest BCUT2D eigenvalue weighted by Crippen LogP contribution is 2.23. The van der Waals surface area contributed by atoms with Gasteiger partial charge >= 0.3 is 11.9 Å². The van der Waals surface area contributed by atoms with Crippen molar-refractivity contribution in [3.05, 3.63) is 12.7 Å². The van der Waals surface area contributed by atoms with Gasteiger partial charge in [-0.25, -0.2) is 4.79 Å². The van der Waals surface area contributed by atoms with Gasteiger partial charge in [-0.15, -0.1) is 0 Å². The SMILES string of the molecule is C=CC(=O)OC(CCCCCCCC(=O)OC)C(Br)CCCCCCCC. The summed E-state index contributed by atoms with van der Waals surface area (Å²) in [5.74, 6) is -0.478. The largest absolute Gasteiger partial charge is 0.469 e. The first-order valence-electron chi connectivity index (χ1n) is 10.6. The summed E-state index contributed by atoms with van der Waals surface area (Å²) >= 11 is 3.74. The Balaban J connectivity index is 4.03. The standard InChI is InChI=1S/C22H39BrO4/c1-4-6-7-8-10-13-16-19(23)20(27-21(24)5-2)17-14-11-9-12-15-18-22(25)26-3/h5,19-20H,2,4,6-18H2,1,3H3. The van der Waals surface area contributed by atoms with Crippen LogP contribution in [0.4, 0.5) is 0 Å². The van der Waals surface area contributed by atoms with Crippen molar-refractivity contribution >= 4 is 27.9 Å². The number of hydrogen-bond donors (Lipinski definition) is 0. The van der Waals surface area contributed by atoms with Gasteiger partial charge in [0.25, 0.3) is 0 Å². The van der Waals surface area contributed by atoms with Crippen LogP contribution in [0.3, 0.4) is 0 Å². The summed E-state index contributed by atoms with van der Waals surface area (Å²) in [6.07, 6.45) is 16.2. The van der Waals surface area contributed by atoms with Gasteiger partial charge in [-0.05, 0) is 25.7 Å². The van der Waals surface area contributed by atoms with E-state index in [1.807, 2.05) is 0 Å². The number of hydrogen-bond acceptors (Lipinski definition) is 4. The van der Waals surface area contributed by atoms with Crippen LogP contribution in [0.15, 0.2) is 12.7 Å². The first-order valence-corrected chi connectivity index (χ1v) is 11.5. The molecule has 0 amide bonds. The maximum atomic E-state index is 11.6. The molecule has 0 saturated carbocycles. The molecular formula is C22H39BrO4. The van der Waals surface area contributed by atoms with E-state index in [1.54, 1.807) is 0 Å². The maximum absolute atomic E-state index is 11.6. The molecule has 0 aromatic rings. The van der Waals surface area contributed by atoms with Crippen LogP contribution in [0.1, 0.15) is 96.8 Å². The summed E-state index contributed by atoms with van der Waals surface area (Å²) in [5.41, 5.74) is 0. The zero-order chi connectivity index (χ0) is 20.3. The summed E-state index contributed by atoms with van der Waals surface area (Å²) in [4.78, 5) is 22.9. The van der Waals surface area contributed by atoms with Crippen LogP contribution in [-0.2, 0) is 19.1 Å². The Hall–Kier alpha value is -0.840. The van der Waals surface area contributed by atoms with Gasteiger partial charge in [-0.3, -0.25) is 4.79 Å². The molecule has 0 saturated heterocycles. The maximum Gasteiger partial charge on any atom is 0.330 e. The van der Waals surface area contributed by atoms with Crippen LogP contribution in [0, 0.1) is 0 Å². The molecule has 0 aliphatic carbocycles. The van der Waals surface area contributed by atoms with E-state index in [0.717, 1.165) is 51.4 Å². The van der Waals surface area contributed by atoms with E-state index in [0.29, 0.717) is 6.42 Å². The summed E-state index contributed by atoms with van der Waals surface area (Å²) in [6.45, 7) is 5.73. The number of carbonyl (C=O) groups excluding carboxylic acids is 2. The van der Waals surface area contributed by atoms with Crippen molar-refractivity contribution in [2.24, 2.45) is 0 Å². The van der Waals surface area contributed by atoms with E-state index in [-0.39, 0.29) is 22.9 Å². The molecule has 0 rings (SSSR count). The lowest BCUT2D eigenvalue weighted by molar-refractivity contribution is -0.143. The summed E-state index contributed by atoms with van der Waals surface area (Å²) in [5, 5.41) is 0. The Labute approximate surface area is 174 Å². The minimum absolute atomic E-state index is 0.0961.